The summed E-state index contributed by atoms with van der Waals surface area (Å²) in [6.07, 6.45) is 1.94. The maximum absolute atomic E-state index is 12.1. The molecule has 0 unspecified atom stereocenters. The van der Waals surface area contributed by atoms with Crippen molar-refractivity contribution in [3.8, 4) is 0 Å². The van der Waals surface area contributed by atoms with Gasteiger partial charge in [-0.3, -0.25) is 5.32 Å². The second-order valence-electron chi connectivity index (χ2n) is 6.43. The molecule has 2 rings (SSSR count). The summed E-state index contributed by atoms with van der Waals surface area (Å²) < 4.78 is 6.81. The van der Waals surface area contributed by atoms with E-state index in [1.54, 1.807) is 6.07 Å². The molecule has 2 aromatic heterocycles. The van der Waals surface area contributed by atoms with Crippen LogP contribution in [-0.2, 0) is 4.74 Å². The lowest BCUT2D eigenvalue weighted by Crippen LogP contribution is -2.29. The Kier molecular flexibility index (Phi) is 5.54. The van der Waals surface area contributed by atoms with Crippen molar-refractivity contribution in [3.63, 3.8) is 0 Å². The second kappa shape index (κ2) is 7.25. The van der Waals surface area contributed by atoms with Gasteiger partial charge in [-0.05, 0) is 34.1 Å². The molecule has 0 radical (unpaired) electrons. The van der Waals surface area contributed by atoms with Crippen LogP contribution in [0.5, 0.6) is 0 Å². The topological polar surface area (TPSA) is 71.8 Å². The van der Waals surface area contributed by atoms with Crippen LogP contribution < -0.4 is 10.2 Å². The number of hydrogen-bond donors (Lipinski definition) is 1. The molecular weight excluding hydrogens is 330 g/mol. The summed E-state index contributed by atoms with van der Waals surface area (Å²) in [5, 5.41) is 7.33. The third kappa shape index (κ3) is 4.29. The zero-order chi connectivity index (χ0) is 17.9. The van der Waals surface area contributed by atoms with E-state index in [-0.39, 0.29) is 0 Å². The third-order valence-electron chi connectivity index (χ3n) is 3.24. The third-order valence-corrected chi connectivity index (χ3v) is 3.51. The van der Waals surface area contributed by atoms with Gasteiger partial charge >= 0.3 is 6.09 Å². The van der Waals surface area contributed by atoms with E-state index in [1.807, 2.05) is 20.8 Å². The van der Waals surface area contributed by atoms with Crippen LogP contribution in [0.4, 0.5) is 16.4 Å². The summed E-state index contributed by atoms with van der Waals surface area (Å²) >= 11 is 6.18. The normalized spacial score (nSPS) is 11.6. The molecule has 0 aromatic carbocycles. The number of carbonyl (C=O) groups is 1. The highest BCUT2D eigenvalue weighted by Gasteiger charge is 2.19. The predicted molar refractivity (Wildman–Crippen MR) is 96.0 cm³/mol. The number of fused-ring (bicyclic) bond motifs is 1. The van der Waals surface area contributed by atoms with Crippen LogP contribution in [0.25, 0.3) is 5.65 Å². The monoisotopic (exact) mass is 353 g/mol. The average Bonchev–Trinajstić information content (AvgIpc) is 2.84. The Morgan fingerprint density at radius 3 is 2.71 bits per heavy atom. The van der Waals surface area contributed by atoms with E-state index < -0.39 is 11.7 Å². The molecule has 1 amide bonds. The molecule has 2 aromatic rings. The van der Waals surface area contributed by atoms with Gasteiger partial charge in [0.25, 0.3) is 0 Å². The van der Waals surface area contributed by atoms with Crippen molar-refractivity contribution in [1.29, 1.82) is 0 Å². The van der Waals surface area contributed by atoms with Crippen molar-refractivity contribution in [2.24, 2.45) is 0 Å². The molecule has 0 aliphatic carbocycles. The van der Waals surface area contributed by atoms with Crippen molar-refractivity contribution in [2.45, 2.75) is 46.6 Å². The molecular formula is C16H24ClN5O2. The summed E-state index contributed by atoms with van der Waals surface area (Å²) in [5.41, 5.74) is -0.0897. The van der Waals surface area contributed by atoms with Gasteiger partial charge in [-0.2, -0.15) is 9.61 Å². The van der Waals surface area contributed by atoms with Gasteiger partial charge in [0.15, 0.2) is 5.65 Å². The Labute approximate surface area is 146 Å². The number of nitrogens with zero attached hydrogens (tertiary/aromatic N) is 4. The minimum atomic E-state index is -0.585. The minimum absolute atomic E-state index is 0.427. The SMILES string of the molecule is CCCN(CC)c1cc(NC(=O)OC(C)(C)C)n2ncc(Cl)c2n1. The number of aromatic nitrogens is 3. The van der Waals surface area contributed by atoms with Crippen LogP contribution in [0.3, 0.4) is 0 Å². The number of anilines is 2. The quantitative estimate of drug-likeness (QED) is 0.880. The van der Waals surface area contributed by atoms with Gasteiger partial charge in [0, 0.05) is 19.2 Å². The Morgan fingerprint density at radius 2 is 2.12 bits per heavy atom. The van der Waals surface area contributed by atoms with Crippen LogP contribution >= 0.6 is 11.6 Å². The first-order valence-electron chi connectivity index (χ1n) is 8.04. The van der Waals surface area contributed by atoms with Crippen molar-refractivity contribution >= 4 is 35.0 Å². The fourth-order valence-corrected chi connectivity index (χ4v) is 2.45. The molecule has 0 bridgehead atoms. The number of ether oxygens (including phenoxy) is 1. The number of nitrogens with one attached hydrogen (secondary N) is 1. The van der Waals surface area contributed by atoms with Crippen LogP contribution in [0, 0.1) is 0 Å². The predicted octanol–water partition coefficient (Wildman–Crippen LogP) is 3.97. The van der Waals surface area contributed by atoms with Crippen LogP contribution in [-0.4, -0.2) is 39.4 Å². The Morgan fingerprint density at radius 1 is 1.42 bits per heavy atom. The molecule has 24 heavy (non-hydrogen) atoms. The highest BCUT2D eigenvalue weighted by Crippen LogP contribution is 2.24. The summed E-state index contributed by atoms with van der Waals surface area (Å²) in [4.78, 5) is 18.8. The Hall–Kier alpha value is -2.02. The highest BCUT2D eigenvalue weighted by atomic mass is 35.5. The first-order chi connectivity index (χ1) is 11.2. The van der Waals surface area contributed by atoms with Crippen molar-refractivity contribution in [3.05, 3.63) is 17.3 Å². The Balaban J connectivity index is 2.42. The molecule has 0 aliphatic heterocycles. The van der Waals surface area contributed by atoms with Gasteiger partial charge in [0.1, 0.15) is 22.3 Å². The second-order valence-corrected chi connectivity index (χ2v) is 6.84. The number of rotatable bonds is 5. The average molecular weight is 354 g/mol. The van der Waals surface area contributed by atoms with Crippen LogP contribution in [0.2, 0.25) is 5.02 Å². The van der Waals surface area contributed by atoms with Gasteiger partial charge in [-0.25, -0.2) is 9.78 Å². The largest absolute Gasteiger partial charge is 0.444 e. The maximum Gasteiger partial charge on any atom is 0.413 e. The molecule has 0 fully saturated rings. The molecule has 0 atom stereocenters. The van der Waals surface area contributed by atoms with E-state index in [1.165, 1.54) is 10.7 Å². The van der Waals surface area contributed by atoms with E-state index >= 15 is 0 Å². The number of amides is 1. The standard InChI is InChI=1S/C16H24ClN5O2/c1-6-8-21(7-2)12-9-13(20-15(23)24-16(3,4)5)22-14(19-12)11(17)10-18-22/h9-10H,6-8H2,1-5H3,(H,20,23). The summed E-state index contributed by atoms with van der Waals surface area (Å²) in [5.74, 6) is 1.20. The molecule has 7 nitrogen and oxygen atoms in total. The van der Waals surface area contributed by atoms with E-state index in [0.717, 1.165) is 25.3 Å². The van der Waals surface area contributed by atoms with Gasteiger partial charge < -0.3 is 9.64 Å². The Bertz CT molecular complexity index is 723. The molecule has 132 valence electrons. The molecule has 0 saturated heterocycles. The lowest BCUT2D eigenvalue weighted by Gasteiger charge is -2.23. The van der Waals surface area contributed by atoms with Crippen molar-refractivity contribution in [1.82, 2.24) is 14.6 Å². The molecule has 0 aliphatic rings. The van der Waals surface area contributed by atoms with Crippen LogP contribution in [0.15, 0.2) is 12.3 Å². The molecule has 2 heterocycles. The summed E-state index contributed by atoms with van der Waals surface area (Å²) in [6.45, 7) is 11.3. The van der Waals surface area contributed by atoms with E-state index in [2.05, 4.69) is 34.1 Å². The number of hydrogen-bond acceptors (Lipinski definition) is 5. The molecule has 8 heteroatoms. The van der Waals surface area contributed by atoms with Gasteiger partial charge in [0.05, 0.1) is 6.20 Å². The van der Waals surface area contributed by atoms with E-state index in [4.69, 9.17) is 16.3 Å². The summed E-state index contributed by atoms with van der Waals surface area (Å²) in [6, 6.07) is 1.78. The van der Waals surface area contributed by atoms with Crippen molar-refractivity contribution in [2.75, 3.05) is 23.3 Å². The highest BCUT2D eigenvalue weighted by molar-refractivity contribution is 6.33. The zero-order valence-electron chi connectivity index (χ0n) is 14.8. The molecule has 1 N–H and O–H groups in total. The van der Waals surface area contributed by atoms with Crippen LogP contribution in [0.1, 0.15) is 41.0 Å². The maximum atomic E-state index is 12.1. The number of halogens is 1. The molecule has 0 saturated carbocycles. The first kappa shape index (κ1) is 18.3. The lowest BCUT2D eigenvalue weighted by atomic mass is 10.2. The van der Waals surface area contributed by atoms with E-state index in [0.29, 0.717) is 16.5 Å². The molecule has 0 spiro atoms. The number of carbonyl (C=O) groups excluding carboxylic acids is 1. The van der Waals surface area contributed by atoms with Gasteiger partial charge in [0.2, 0.25) is 0 Å². The minimum Gasteiger partial charge on any atom is -0.444 e. The zero-order valence-corrected chi connectivity index (χ0v) is 15.5. The van der Waals surface area contributed by atoms with Gasteiger partial charge in [-0.1, -0.05) is 18.5 Å². The van der Waals surface area contributed by atoms with E-state index in [9.17, 15) is 4.79 Å². The fourth-order valence-electron chi connectivity index (χ4n) is 2.29. The van der Waals surface area contributed by atoms with Gasteiger partial charge in [-0.15, -0.1) is 0 Å². The fraction of sp³-hybridized carbons (Fsp3) is 0.562. The smallest absolute Gasteiger partial charge is 0.413 e. The first-order valence-corrected chi connectivity index (χ1v) is 8.42. The summed E-state index contributed by atoms with van der Waals surface area (Å²) in [7, 11) is 0. The van der Waals surface area contributed by atoms with Crippen molar-refractivity contribution < 1.29 is 9.53 Å². The lowest BCUT2D eigenvalue weighted by molar-refractivity contribution is 0.0635.